The lowest BCUT2D eigenvalue weighted by Crippen LogP contribution is -2.48. The zero-order valence-electron chi connectivity index (χ0n) is 12.1. The maximum Gasteiger partial charge on any atom is 0.235 e. The zero-order chi connectivity index (χ0) is 16.0. The lowest BCUT2D eigenvalue weighted by atomic mass is 10.1. The number of sulfonamides is 1. The minimum atomic E-state index is -3.66. The second-order valence-electron chi connectivity index (χ2n) is 4.98. The van der Waals surface area contributed by atoms with Crippen LogP contribution in [0.15, 0.2) is 24.3 Å². The highest BCUT2D eigenvalue weighted by molar-refractivity contribution is 7.89. The monoisotopic (exact) mass is 315 g/mol. The van der Waals surface area contributed by atoms with Crippen LogP contribution in [0.4, 0.5) is 5.69 Å². The minimum absolute atomic E-state index is 0.0532. The summed E-state index contributed by atoms with van der Waals surface area (Å²) in [4.78, 5) is 11.2. The number of hydrogen-bond acceptors (Lipinski definition) is 5. The molecule has 1 rings (SSSR count). The van der Waals surface area contributed by atoms with Crippen molar-refractivity contribution >= 4 is 21.6 Å². The van der Waals surface area contributed by atoms with E-state index < -0.39 is 22.0 Å². The van der Waals surface area contributed by atoms with Crippen molar-refractivity contribution in [2.24, 2.45) is 11.7 Å². The molecule has 1 unspecified atom stereocenters. The molecule has 0 radical (unpaired) electrons. The van der Waals surface area contributed by atoms with E-state index in [1.807, 2.05) is 0 Å². The Hall–Kier alpha value is -1.80. The number of rotatable bonds is 8. The lowest BCUT2D eigenvalue weighted by Gasteiger charge is -2.18. The van der Waals surface area contributed by atoms with Gasteiger partial charge >= 0.3 is 0 Å². The van der Waals surface area contributed by atoms with Gasteiger partial charge in [0.05, 0.1) is 5.75 Å². The van der Waals surface area contributed by atoms with Crippen molar-refractivity contribution in [3.05, 3.63) is 24.3 Å². The molecule has 21 heavy (non-hydrogen) atoms. The zero-order valence-corrected chi connectivity index (χ0v) is 12.9. The third-order valence-electron chi connectivity index (χ3n) is 2.76. The molecule has 1 aromatic carbocycles. The fourth-order valence-corrected chi connectivity index (χ4v) is 2.84. The average molecular weight is 315 g/mol. The van der Waals surface area contributed by atoms with Crippen LogP contribution in [0.25, 0.3) is 0 Å². The van der Waals surface area contributed by atoms with Crippen LogP contribution in [-0.4, -0.2) is 32.7 Å². The molecule has 0 heterocycles. The summed E-state index contributed by atoms with van der Waals surface area (Å²) in [5.74, 6) is -0.726. The maximum atomic E-state index is 11.9. The van der Waals surface area contributed by atoms with Gasteiger partial charge in [-0.25, -0.2) is 13.1 Å². The van der Waals surface area contributed by atoms with E-state index in [1.165, 1.54) is 0 Å². The Labute approximate surface area is 124 Å². The van der Waals surface area contributed by atoms with E-state index >= 15 is 0 Å². The molecule has 7 nitrogen and oxygen atoms in total. The predicted molar refractivity (Wildman–Crippen MR) is 81.1 cm³/mol. The molecule has 0 aromatic heterocycles. The van der Waals surface area contributed by atoms with Crippen LogP contribution in [0.3, 0.4) is 0 Å². The number of benzene rings is 1. The summed E-state index contributed by atoms with van der Waals surface area (Å²) in [7, 11) is -3.66. The van der Waals surface area contributed by atoms with Crippen molar-refractivity contribution in [3.63, 3.8) is 0 Å². The number of nitrogens with two attached hydrogens (primary N) is 2. The summed E-state index contributed by atoms with van der Waals surface area (Å²) in [6.07, 6.45) is 0. The third kappa shape index (κ3) is 6.01. The normalized spacial score (nSPS) is 13.1. The van der Waals surface area contributed by atoms with Crippen LogP contribution in [0, 0.1) is 5.92 Å². The van der Waals surface area contributed by atoms with Crippen LogP contribution in [0.5, 0.6) is 5.75 Å². The molecule has 0 aliphatic rings. The lowest BCUT2D eigenvalue weighted by molar-refractivity contribution is -0.120. The minimum Gasteiger partial charge on any atom is -0.492 e. The van der Waals surface area contributed by atoms with Gasteiger partial charge in [0, 0.05) is 11.8 Å². The van der Waals surface area contributed by atoms with Crippen molar-refractivity contribution in [1.82, 2.24) is 4.72 Å². The van der Waals surface area contributed by atoms with Crippen LogP contribution in [0.1, 0.15) is 13.8 Å². The predicted octanol–water partition coefficient (Wildman–Crippen LogP) is 0.0769. The van der Waals surface area contributed by atoms with Crippen LogP contribution < -0.4 is 20.9 Å². The smallest absolute Gasteiger partial charge is 0.235 e. The van der Waals surface area contributed by atoms with E-state index in [4.69, 9.17) is 16.2 Å². The van der Waals surface area contributed by atoms with E-state index in [2.05, 4.69) is 4.72 Å². The Bertz CT molecular complexity index is 587. The molecule has 0 spiro atoms. The third-order valence-corrected chi connectivity index (χ3v) is 4.08. The summed E-state index contributed by atoms with van der Waals surface area (Å²) in [6.45, 7) is 3.37. The Morgan fingerprint density at radius 2 is 2.05 bits per heavy atom. The second-order valence-corrected chi connectivity index (χ2v) is 6.86. The molecule has 0 aliphatic carbocycles. The van der Waals surface area contributed by atoms with Crippen molar-refractivity contribution in [2.75, 3.05) is 18.1 Å². The fourth-order valence-electron chi connectivity index (χ4n) is 1.65. The van der Waals surface area contributed by atoms with Gasteiger partial charge < -0.3 is 16.2 Å². The molecule has 0 bridgehead atoms. The number of carbonyl (C=O) groups excluding carboxylic acids is 1. The van der Waals surface area contributed by atoms with E-state index in [0.29, 0.717) is 11.4 Å². The molecule has 1 amide bonds. The molecule has 0 fully saturated rings. The van der Waals surface area contributed by atoms with E-state index in [9.17, 15) is 13.2 Å². The topological polar surface area (TPSA) is 125 Å². The Morgan fingerprint density at radius 3 is 2.57 bits per heavy atom. The number of amides is 1. The molecule has 1 aromatic rings. The highest BCUT2D eigenvalue weighted by Gasteiger charge is 2.25. The molecule has 1 atom stereocenters. The summed E-state index contributed by atoms with van der Waals surface area (Å²) < 4.78 is 31.4. The average Bonchev–Trinajstić information content (AvgIpc) is 2.35. The quantitative estimate of drug-likeness (QED) is 0.586. The van der Waals surface area contributed by atoms with Gasteiger partial charge in [0.25, 0.3) is 0 Å². The van der Waals surface area contributed by atoms with Crippen LogP contribution in [0.2, 0.25) is 0 Å². The van der Waals surface area contributed by atoms with Crippen LogP contribution >= 0.6 is 0 Å². The summed E-state index contributed by atoms with van der Waals surface area (Å²) >= 11 is 0. The van der Waals surface area contributed by atoms with Gasteiger partial charge in [-0.2, -0.15) is 0 Å². The molecule has 5 N–H and O–H groups in total. The van der Waals surface area contributed by atoms with Crippen LogP contribution in [-0.2, 0) is 14.8 Å². The van der Waals surface area contributed by atoms with Gasteiger partial charge in [-0.05, 0) is 18.1 Å². The first-order valence-electron chi connectivity index (χ1n) is 6.49. The van der Waals surface area contributed by atoms with Gasteiger partial charge in [0.1, 0.15) is 18.4 Å². The molecule has 8 heteroatoms. The van der Waals surface area contributed by atoms with E-state index in [1.54, 1.807) is 38.1 Å². The van der Waals surface area contributed by atoms with Gasteiger partial charge in [-0.3, -0.25) is 4.79 Å². The number of primary amides is 1. The molecule has 0 saturated heterocycles. The SMILES string of the molecule is CC(C)C(NS(=O)(=O)CCOc1cccc(N)c1)C(N)=O. The standard InChI is InChI=1S/C13H21N3O4S/c1-9(2)12(13(15)17)16-21(18,19)7-6-20-11-5-3-4-10(14)8-11/h3-5,8-9,12,16H,6-7,14H2,1-2H3,(H2,15,17). The highest BCUT2D eigenvalue weighted by Crippen LogP contribution is 2.14. The van der Waals surface area contributed by atoms with Gasteiger partial charge in [-0.15, -0.1) is 0 Å². The Morgan fingerprint density at radius 1 is 1.38 bits per heavy atom. The van der Waals surface area contributed by atoms with Crippen molar-refractivity contribution in [2.45, 2.75) is 19.9 Å². The van der Waals surface area contributed by atoms with E-state index in [-0.39, 0.29) is 18.3 Å². The molecule has 0 aliphatic heterocycles. The number of nitrogens with one attached hydrogen (secondary N) is 1. The molecular weight excluding hydrogens is 294 g/mol. The Balaban J connectivity index is 2.55. The van der Waals surface area contributed by atoms with Crippen molar-refractivity contribution in [3.8, 4) is 5.75 Å². The number of ether oxygens (including phenoxy) is 1. The summed E-state index contributed by atoms with van der Waals surface area (Å²) in [5.41, 5.74) is 11.3. The van der Waals surface area contributed by atoms with Crippen molar-refractivity contribution < 1.29 is 17.9 Å². The maximum absolute atomic E-state index is 11.9. The molecule has 0 saturated carbocycles. The summed E-state index contributed by atoms with van der Waals surface area (Å²) in [6, 6.07) is 5.75. The summed E-state index contributed by atoms with van der Waals surface area (Å²) in [5, 5.41) is 0. The first kappa shape index (κ1) is 17.3. The number of nitrogen functional groups attached to an aromatic ring is 1. The van der Waals surface area contributed by atoms with Gasteiger partial charge in [-0.1, -0.05) is 19.9 Å². The molecular formula is C13H21N3O4S. The molecule has 118 valence electrons. The van der Waals surface area contributed by atoms with Crippen molar-refractivity contribution in [1.29, 1.82) is 0 Å². The number of hydrogen-bond donors (Lipinski definition) is 3. The largest absolute Gasteiger partial charge is 0.492 e. The van der Waals surface area contributed by atoms with Gasteiger partial charge in [0.15, 0.2) is 0 Å². The van der Waals surface area contributed by atoms with Gasteiger partial charge in [0.2, 0.25) is 15.9 Å². The number of carbonyl (C=O) groups is 1. The van der Waals surface area contributed by atoms with E-state index in [0.717, 1.165) is 0 Å². The highest BCUT2D eigenvalue weighted by atomic mass is 32.2. The first-order valence-corrected chi connectivity index (χ1v) is 8.14. The second kappa shape index (κ2) is 7.28. The number of anilines is 1. The fraction of sp³-hybridized carbons (Fsp3) is 0.462. The first-order chi connectivity index (χ1) is 9.71. The Kier molecular flexibility index (Phi) is 5.98.